The van der Waals surface area contributed by atoms with Crippen LogP contribution in [0.5, 0.6) is 0 Å². The SMILES string of the molecule is O=S(=O)(Cc1ccc(Cl)c(Cl)c1)NCC1CCCC1. The number of rotatable bonds is 5. The number of halogens is 2. The number of benzene rings is 1. The van der Waals surface area contributed by atoms with Crippen LogP contribution in [-0.4, -0.2) is 15.0 Å². The van der Waals surface area contributed by atoms with Crippen molar-refractivity contribution in [2.75, 3.05) is 6.54 Å². The standard InChI is InChI=1S/C13H17Cl2NO2S/c14-12-6-5-11(7-13(12)15)9-19(17,18)16-8-10-3-1-2-4-10/h5-7,10,16H,1-4,8-9H2. The van der Waals surface area contributed by atoms with E-state index in [0.29, 0.717) is 28.1 Å². The Morgan fingerprint density at radius 3 is 2.47 bits per heavy atom. The summed E-state index contributed by atoms with van der Waals surface area (Å²) in [6, 6.07) is 4.90. The maximum Gasteiger partial charge on any atom is 0.215 e. The van der Waals surface area contributed by atoms with Crippen LogP contribution in [-0.2, 0) is 15.8 Å². The molecular weight excluding hydrogens is 305 g/mol. The second kappa shape index (κ2) is 6.44. The van der Waals surface area contributed by atoms with E-state index in [2.05, 4.69) is 4.72 Å². The fourth-order valence-electron chi connectivity index (χ4n) is 2.36. The summed E-state index contributed by atoms with van der Waals surface area (Å²) in [5.74, 6) is 0.431. The summed E-state index contributed by atoms with van der Waals surface area (Å²) in [7, 11) is -3.30. The molecular formula is C13H17Cl2NO2S. The minimum Gasteiger partial charge on any atom is -0.215 e. The molecule has 1 saturated carbocycles. The molecule has 1 aromatic carbocycles. The Bertz CT molecular complexity index is 540. The molecule has 1 fully saturated rings. The van der Waals surface area contributed by atoms with E-state index < -0.39 is 10.0 Å². The Morgan fingerprint density at radius 1 is 1.16 bits per heavy atom. The lowest BCUT2D eigenvalue weighted by Crippen LogP contribution is -2.29. The highest BCUT2D eigenvalue weighted by Crippen LogP contribution is 2.25. The first-order valence-electron chi connectivity index (χ1n) is 6.37. The van der Waals surface area contributed by atoms with Gasteiger partial charge in [0, 0.05) is 6.54 Å². The Kier molecular flexibility index (Phi) is 5.12. The molecule has 0 saturated heterocycles. The summed E-state index contributed by atoms with van der Waals surface area (Å²) in [5.41, 5.74) is 0.647. The maximum atomic E-state index is 12.0. The van der Waals surface area contributed by atoms with Gasteiger partial charge in [-0.1, -0.05) is 42.1 Å². The largest absolute Gasteiger partial charge is 0.215 e. The molecule has 19 heavy (non-hydrogen) atoms. The molecule has 0 radical (unpaired) electrons. The quantitative estimate of drug-likeness (QED) is 0.900. The van der Waals surface area contributed by atoms with Gasteiger partial charge in [0.25, 0.3) is 0 Å². The average molecular weight is 322 g/mol. The van der Waals surface area contributed by atoms with Crippen LogP contribution in [0, 0.1) is 5.92 Å². The van der Waals surface area contributed by atoms with Crippen molar-refractivity contribution >= 4 is 33.2 Å². The first-order valence-corrected chi connectivity index (χ1v) is 8.78. The highest BCUT2D eigenvalue weighted by atomic mass is 35.5. The third kappa shape index (κ3) is 4.63. The first kappa shape index (κ1) is 15.1. The molecule has 0 amide bonds. The van der Waals surface area contributed by atoms with Crippen molar-refractivity contribution in [1.82, 2.24) is 4.72 Å². The number of hydrogen-bond donors (Lipinski definition) is 1. The zero-order valence-corrected chi connectivity index (χ0v) is 12.9. The molecule has 1 aromatic rings. The molecule has 0 spiro atoms. The molecule has 6 heteroatoms. The summed E-state index contributed by atoms with van der Waals surface area (Å²) in [4.78, 5) is 0. The second-order valence-corrected chi connectivity index (χ2v) is 7.63. The minimum absolute atomic E-state index is 0.0589. The molecule has 1 aliphatic rings. The Morgan fingerprint density at radius 2 is 1.84 bits per heavy atom. The highest BCUT2D eigenvalue weighted by Gasteiger charge is 2.18. The second-order valence-electron chi connectivity index (χ2n) is 5.01. The Hall–Kier alpha value is -0.290. The molecule has 0 unspecified atom stereocenters. The molecule has 0 atom stereocenters. The number of hydrogen-bond acceptors (Lipinski definition) is 2. The third-order valence-electron chi connectivity index (χ3n) is 3.41. The highest BCUT2D eigenvalue weighted by molar-refractivity contribution is 7.88. The van der Waals surface area contributed by atoms with E-state index in [1.165, 1.54) is 12.8 Å². The van der Waals surface area contributed by atoms with E-state index >= 15 is 0 Å². The molecule has 3 nitrogen and oxygen atoms in total. The molecule has 0 bridgehead atoms. The first-order chi connectivity index (χ1) is 8.96. The van der Waals surface area contributed by atoms with Crippen LogP contribution < -0.4 is 4.72 Å². The van der Waals surface area contributed by atoms with Crippen molar-refractivity contribution < 1.29 is 8.42 Å². The van der Waals surface area contributed by atoms with Gasteiger partial charge in [-0.2, -0.15) is 0 Å². The lowest BCUT2D eigenvalue weighted by molar-refractivity contribution is 0.519. The van der Waals surface area contributed by atoms with E-state index in [1.807, 2.05) is 0 Å². The molecule has 1 N–H and O–H groups in total. The molecule has 0 aliphatic heterocycles. The van der Waals surface area contributed by atoms with Gasteiger partial charge in [-0.3, -0.25) is 0 Å². The molecule has 1 aliphatic carbocycles. The zero-order chi connectivity index (χ0) is 13.9. The molecule has 0 heterocycles. The van der Waals surface area contributed by atoms with E-state index in [9.17, 15) is 8.42 Å². The summed E-state index contributed by atoms with van der Waals surface area (Å²) in [6.45, 7) is 0.545. The van der Waals surface area contributed by atoms with Crippen LogP contribution in [0.2, 0.25) is 10.0 Å². The van der Waals surface area contributed by atoms with Gasteiger partial charge in [0.1, 0.15) is 0 Å². The minimum atomic E-state index is -3.30. The van der Waals surface area contributed by atoms with Gasteiger partial charge in [-0.25, -0.2) is 13.1 Å². The van der Waals surface area contributed by atoms with E-state index in [0.717, 1.165) is 12.8 Å². The average Bonchev–Trinajstić information content (AvgIpc) is 2.84. The fraction of sp³-hybridized carbons (Fsp3) is 0.538. The van der Waals surface area contributed by atoms with Crippen molar-refractivity contribution in [2.24, 2.45) is 5.92 Å². The zero-order valence-electron chi connectivity index (χ0n) is 10.5. The smallest absolute Gasteiger partial charge is 0.215 e. The number of nitrogens with one attached hydrogen (secondary N) is 1. The van der Waals surface area contributed by atoms with Crippen molar-refractivity contribution in [1.29, 1.82) is 0 Å². The van der Waals surface area contributed by atoms with E-state index in [1.54, 1.807) is 18.2 Å². The van der Waals surface area contributed by atoms with Crippen LogP contribution in [0.4, 0.5) is 0 Å². The van der Waals surface area contributed by atoms with Gasteiger partial charge in [0.2, 0.25) is 10.0 Å². The van der Waals surface area contributed by atoms with E-state index in [4.69, 9.17) is 23.2 Å². The van der Waals surface area contributed by atoms with Gasteiger partial charge < -0.3 is 0 Å². The predicted octanol–water partition coefficient (Wildman–Crippen LogP) is 3.60. The summed E-state index contributed by atoms with van der Waals surface area (Å²) in [5, 5.41) is 0.812. The van der Waals surface area contributed by atoms with Crippen molar-refractivity contribution in [3.8, 4) is 0 Å². The van der Waals surface area contributed by atoms with Crippen LogP contribution in [0.1, 0.15) is 31.2 Å². The summed E-state index contributed by atoms with van der Waals surface area (Å²) in [6.07, 6.45) is 4.66. The summed E-state index contributed by atoms with van der Waals surface area (Å²) < 4.78 is 26.6. The van der Waals surface area contributed by atoms with Crippen LogP contribution in [0.15, 0.2) is 18.2 Å². The van der Waals surface area contributed by atoms with Crippen LogP contribution in [0.3, 0.4) is 0 Å². The molecule has 0 aromatic heterocycles. The normalized spacial score (nSPS) is 16.9. The molecule has 2 rings (SSSR count). The topological polar surface area (TPSA) is 46.2 Å². The van der Waals surface area contributed by atoms with Gasteiger partial charge in [0.15, 0.2) is 0 Å². The predicted molar refractivity (Wildman–Crippen MR) is 79.0 cm³/mol. The maximum absolute atomic E-state index is 12.0. The molecule has 106 valence electrons. The lowest BCUT2D eigenvalue weighted by Gasteiger charge is -2.11. The Balaban J connectivity index is 1.93. The van der Waals surface area contributed by atoms with Crippen LogP contribution in [0.25, 0.3) is 0 Å². The van der Waals surface area contributed by atoms with Gasteiger partial charge in [-0.05, 0) is 36.5 Å². The summed E-state index contributed by atoms with van der Waals surface area (Å²) >= 11 is 11.7. The lowest BCUT2D eigenvalue weighted by atomic mass is 10.1. The van der Waals surface area contributed by atoms with E-state index in [-0.39, 0.29) is 5.75 Å². The van der Waals surface area contributed by atoms with Crippen molar-refractivity contribution in [3.63, 3.8) is 0 Å². The fourth-order valence-corrected chi connectivity index (χ4v) is 3.89. The Labute approximate surface area is 124 Å². The third-order valence-corrected chi connectivity index (χ3v) is 5.47. The van der Waals surface area contributed by atoms with Crippen molar-refractivity contribution in [3.05, 3.63) is 33.8 Å². The van der Waals surface area contributed by atoms with Crippen molar-refractivity contribution in [2.45, 2.75) is 31.4 Å². The van der Waals surface area contributed by atoms with Gasteiger partial charge in [-0.15, -0.1) is 0 Å². The van der Waals surface area contributed by atoms with Crippen LogP contribution >= 0.6 is 23.2 Å². The monoisotopic (exact) mass is 321 g/mol. The number of sulfonamides is 1. The van der Waals surface area contributed by atoms with Gasteiger partial charge >= 0.3 is 0 Å². The van der Waals surface area contributed by atoms with Gasteiger partial charge in [0.05, 0.1) is 15.8 Å².